The van der Waals surface area contributed by atoms with E-state index in [0.29, 0.717) is 0 Å². The Balaban J connectivity index is 1.89. The molecule has 4 nitrogen and oxygen atoms in total. The van der Waals surface area contributed by atoms with Gasteiger partial charge >= 0.3 is 0 Å². The lowest BCUT2D eigenvalue weighted by Crippen LogP contribution is -2.35. The monoisotopic (exact) mass is 367 g/mol. The highest BCUT2D eigenvalue weighted by atomic mass is 32.1. The Hall–Kier alpha value is -2.61. The number of rotatable bonds is 4. The topological polar surface area (TPSA) is 53.2 Å². The van der Waals surface area contributed by atoms with Crippen molar-refractivity contribution in [1.82, 2.24) is 5.32 Å². The van der Waals surface area contributed by atoms with Crippen LogP contribution in [0.15, 0.2) is 30.3 Å². The highest BCUT2D eigenvalue weighted by molar-refractivity contribution is 7.80. The molecule has 0 aliphatic rings. The minimum Gasteiger partial charge on any atom is -0.353 e. The van der Waals surface area contributed by atoms with Gasteiger partial charge in [-0.05, 0) is 61.5 Å². The van der Waals surface area contributed by atoms with Crippen LogP contribution >= 0.6 is 12.2 Å². The third-order valence-electron chi connectivity index (χ3n) is 3.20. The van der Waals surface area contributed by atoms with E-state index in [1.54, 1.807) is 0 Å². The molecule has 8 heteroatoms. The maximum atomic E-state index is 13.5. The van der Waals surface area contributed by atoms with Gasteiger partial charge in [0, 0.05) is 5.69 Å². The number of anilines is 2. The predicted octanol–water partition coefficient (Wildman–Crippen LogP) is 3.65. The molecular weight excluding hydrogens is 351 g/mol. The van der Waals surface area contributed by atoms with Crippen LogP contribution in [0.1, 0.15) is 11.1 Å². The molecular formula is C17H16F3N3OS. The van der Waals surface area contributed by atoms with E-state index >= 15 is 0 Å². The molecule has 0 spiro atoms. The van der Waals surface area contributed by atoms with Crippen molar-refractivity contribution in [3.63, 3.8) is 0 Å². The molecule has 2 aromatic rings. The van der Waals surface area contributed by atoms with Gasteiger partial charge in [0.15, 0.2) is 22.6 Å². The number of halogens is 3. The van der Waals surface area contributed by atoms with Gasteiger partial charge in [-0.3, -0.25) is 4.79 Å². The maximum absolute atomic E-state index is 13.5. The average molecular weight is 367 g/mol. The summed E-state index contributed by atoms with van der Waals surface area (Å²) >= 11 is 5.08. The standard InChI is InChI=1S/C17H16F3N3OS/c1-9-5-10(2)7-11(6-9)22-17(25)21-8-14(24)23-13-4-3-12(18)15(19)16(13)20/h3-7H,8H2,1-2H3,(H,23,24)(H2,21,22,25). The average Bonchev–Trinajstić information content (AvgIpc) is 2.52. The molecule has 0 heterocycles. The molecule has 3 N–H and O–H groups in total. The first kappa shape index (κ1) is 18.7. The van der Waals surface area contributed by atoms with Crippen molar-refractivity contribution in [2.45, 2.75) is 13.8 Å². The van der Waals surface area contributed by atoms with Crippen molar-refractivity contribution in [3.05, 3.63) is 58.9 Å². The van der Waals surface area contributed by atoms with Crippen molar-refractivity contribution in [1.29, 1.82) is 0 Å². The number of aryl methyl sites for hydroxylation is 2. The second-order valence-electron chi connectivity index (χ2n) is 5.46. The number of hydrogen-bond acceptors (Lipinski definition) is 2. The number of thiocarbonyl (C=S) groups is 1. The predicted molar refractivity (Wildman–Crippen MR) is 95.1 cm³/mol. The lowest BCUT2D eigenvalue weighted by Gasteiger charge is -2.12. The van der Waals surface area contributed by atoms with Crippen LogP contribution in [0.3, 0.4) is 0 Å². The van der Waals surface area contributed by atoms with Crippen LogP contribution in [0.25, 0.3) is 0 Å². The lowest BCUT2D eigenvalue weighted by atomic mass is 10.1. The molecule has 2 aromatic carbocycles. The third kappa shape index (κ3) is 5.18. The second kappa shape index (κ2) is 7.98. The first-order valence-electron chi connectivity index (χ1n) is 7.33. The molecule has 25 heavy (non-hydrogen) atoms. The summed E-state index contributed by atoms with van der Waals surface area (Å²) in [5, 5.41) is 7.93. The van der Waals surface area contributed by atoms with Crippen molar-refractivity contribution in [2.75, 3.05) is 17.2 Å². The zero-order chi connectivity index (χ0) is 18.6. The molecule has 0 fully saturated rings. The Bertz CT molecular complexity index is 807. The number of hydrogen-bond donors (Lipinski definition) is 3. The number of benzene rings is 2. The molecule has 0 aliphatic carbocycles. The number of nitrogens with one attached hydrogen (secondary N) is 3. The SMILES string of the molecule is Cc1cc(C)cc(NC(=S)NCC(=O)Nc2ccc(F)c(F)c2F)c1. The first-order chi connectivity index (χ1) is 11.8. The summed E-state index contributed by atoms with van der Waals surface area (Å²) in [6, 6.07) is 7.45. The van der Waals surface area contributed by atoms with Crippen molar-refractivity contribution >= 4 is 34.6 Å². The normalized spacial score (nSPS) is 10.3. The van der Waals surface area contributed by atoms with Gasteiger partial charge in [-0.15, -0.1) is 0 Å². The highest BCUT2D eigenvalue weighted by Gasteiger charge is 2.15. The number of carbonyl (C=O) groups excluding carboxylic acids is 1. The summed E-state index contributed by atoms with van der Waals surface area (Å²) in [4.78, 5) is 11.8. The largest absolute Gasteiger partial charge is 0.353 e. The Morgan fingerprint density at radius 1 is 1.00 bits per heavy atom. The summed E-state index contributed by atoms with van der Waals surface area (Å²) in [5.41, 5.74) is 2.43. The van der Waals surface area contributed by atoms with Gasteiger partial charge in [-0.2, -0.15) is 0 Å². The molecule has 0 aromatic heterocycles. The number of carbonyl (C=O) groups is 1. The third-order valence-corrected chi connectivity index (χ3v) is 3.44. The fraction of sp³-hybridized carbons (Fsp3) is 0.176. The van der Waals surface area contributed by atoms with Crippen LogP contribution in [0.2, 0.25) is 0 Å². The van der Waals surface area contributed by atoms with Gasteiger partial charge in [-0.1, -0.05) is 6.07 Å². The zero-order valence-electron chi connectivity index (χ0n) is 13.5. The van der Waals surface area contributed by atoms with Crippen LogP contribution in [-0.4, -0.2) is 17.6 Å². The summed E-state index contributed by atoms with van der Waals surface area (Å²) in [7, 11) is 0. The van der Waals surface area contributed by atoms with E-state index in [0.717, 1.165) is 28.9 Å². The van der Waals surface area contributed by atoms with Crippen LogP contribution in [-0.2, 0) is 4.79 Å². The summed E-state index contributed by atoms with van der Waals surface area (Å²) in [6.07, 6.45) is 0. The van der Waals surface area contributed by atoms with E-state index < -0.39 is 29.0 Å². The van der Waals surface area contributed by atoms with E-state index in [2.05, 4.69) is 16.0 Å². The van der Waals surface area contributed by atoms with Crippen molar-refractivity contribution in [2.24, 2.45) is 0 Å². The number of amides is 1. The second-order valence-corrected chi connectivity index (χ2v) is 5.86. The van der Waals surface area contributed by atoms with Gasteiger partial charge in [-0.25, -0.2) is 13.2 Å². The molecule has 132 valence electrons. The minimum absolute atomic E-state index is 0.200. The van der Waals surface area contributed by atoms with E-state index in [-0.39, 0.29) is 11.7 Å². The lowest BCUT2D eigenvalue weighted by molar-refractivity contribution is -0.115. The summed E-state index contributed by atoms with van der Waals surface area (Å²) < 4.78 is 39.5. The van der Waals surface area contributed by atoms with Gasteiger partial charge < -0.3 is 16.0 Å². The Morgan fingerprint density at radius 3 is 2.28 bits per heavy atom. The van der Waals surface area contributed by atoms with Gasteiger partial charge in [0.25, 0.3) is 0 Å². The Morgan fingerprint density at radius 2 is 1.64 bits per heavy atom. The van der Waals surface area contributed by atoms with Gasteiger partial charge in [0.2, 0.25) is 5.91 Å². The van der Waals surface area contributed by atoms with Crippen molar-refractivity contribution in [3.8, 4) is 0 Å². The van der Waals surface area contributed by atoms with Crippen LogP contribution in [0, 0.1) is 31.3 Å². The molecule has 0 unspecified atom stereocenters. The van der Waals surface area contributed by atoms with E-state index in [4.69, 9.17) is 12.2 Å². The summed E-state index contributed by atoms with van der Waals surface area (Å²) in [5.74, 6) is -5.08. The van der Waals surface area contributed by atoms with Crippen LogP contribution in [0.4, 0.5) is 24.5 Å². The maximum Gasteiger partial charge on any atom is 0.243 e. The van der Waals surface area contributed by atoms with E-state index in [1.807, 2.05) is 32.0 Å². The van der Waals surface area contributed by atoms with Crippen LogP contribution in [0.5, 0.6) is 0 Å². The van der Waals surface area contributed by atoms with Crippen LogP contribution < -0.4 is 16.0 Å². The fourth-order valence-electron chi connectivity index (χ4n) is 2.20. The molecule has 0 aliphatic heterocycles. The highest BCUT2D eigenvalue weighted by Crippen LogP contribution is 2.19. The van der Waals surface area contributed by atoms with Crippen molar-refractivity contribution < 1.29 is 18.0 Å². The Labute approximate surface area is 148 Å². The smallest absolute Gasteiger partial charge is 0.243 e. The minimum atomic E-state index is -1.64. The molecule has 0 saturated carbocycles. The van der Waals surface area contributed by atoms with E-state index in [1.165, 1.54) is 0 Å². The fourth-order valence-corrected chi connectivity index (χ4v) is 2.39. The zero-order valence-corrected chi connectivity index (χ0v) is 14.4. The first-order valence-corrected chi connectivity index (χ1v) is 7.73. The quantitative estimate of drug-likeness (QED) is 0.570. The molecule has 2 rings (SSSR count). The van der Waals surface area contributed by atoms with Gasteiger partial charge in [0.1, 0.15) is 0 Å². The van der Waals surface area contributed by atoms with Gasteiger partial charge in [0.05, 0.1) is 12.2 Å². The van der Waals surface area contributed by atoms with E-state index in [9.17, 15) is 18.0 Å². The molecule has 1 amide bonds. The molecule has 0 bridgehead atoms. The molecule has 0 radical (unpaired) electrons. The molecule has 0 atom stereocenters. The summed E-state index contributed by atoms with van der Waals surface area (Å²) in [6.45, 7) is 3.62. The Kier molecular flexibility index (Phi) is 5.97. The molecule has 0 saturated heterocycles.